The Morgan fingerprint density at radius 1 is 0.962 bits per heavy atom. The molecule has 130 valence electrons. The second-order valence-corrected chi connectivity index (χ2v) is 7.42. The maximum absolute atomic E-state index is 6.23. The first-order valence-corrected chi connectivity index (χ1v) is 9.90. The molecule has 0 spiro atoms. The number of rotatable bonds is 4. The number of nitrogens with one attached hydrogen (secondary N) is 1. The fourth-order valence-corrected chi connectivity index (χ4v) is 3.43. The van der Waals surface area contributed by atoms with Crippen LogP contribution < -0.4 is 5.32 Å². The molecule has 0 aliphatic carbocycles. The molecule has 4 aromatic rings. The smallest absolute Gasteiger partial charge is 0.143 e. The first kappa shape index (κ1) is 17.0. The summed E-state index contributed by atoms with van der Waals surface area (Å²) in [4.78, 5) is 6.06. The normalized spacial score (nSPS) is 11.0. The Labute approximate surface area is 162 Å². The van der Waals surface area contributed by atoms with Crippen LogP contribution in [0.15, 0.2) is 71.8 Å². The molecule has 0 radical (unpaired) electrons. The van der Waals surface area contributed by atoms with Crippen LogP contribution in [0.2, 0.25) is 5.02 Å². The van der Waals surface area contributed by atoms with Gasteiger partial charge in [-0.2, -0.15) is 0 Å². The number of imidazole rings is 1. The van der Waals surface area contributed by atoms with Gasteiger partial charge in [-0.15, -0.1) is 11.8 Å². The number of halogens is 1. The highest BCUT2D eigenvalue weighted by molar-refractivity contribution is 7.98. The van der Waals surface area contributed by atoms with E-state index < -0.39 is 0 Å². The van der Waals surface area contributed by atoms with Crippen molar-refractivity contribution in [2.45, 2.75) is 11.8 Å². The lowest BCUT2D eigenvalue weighted by molar-refractivity contribution is 1.18. The number of pyridine rings is 1. The molecule has 2 aromatic carbocycles. The molecule has 4 rings (SSSR count). The van der Waals surface area contributed by atoms with E-state index in [9.17, 15) is 0 Å². The standard InChI is InChI=1S/C21H18ClN3S/c1-14-3-8-17(9-4-14)23-21-20(15-5-10-18(26-2)11-6-15)24-19-12-7-16(22)13-25(19)21/h3-13,23H,1-2H3. The third-order valence-corrected chi connectivity index (χ3v) is 5.23. The third-order valence-electron chi connectivity index (χ3n) is 4.26. The summed E-state index contributed by atoms with van der Waals surface area (Å²) in [6, 6.07) is 20.6. The van der Waals surface area contributed by atoms with Gasteiger partial charge in [0.1, 0.15) is 17.2 Å². The molecular weight excluding hydrogens is 362 g/mol. The van der Waals surface area contributed by atoms with Crippen molar-refractivity contribution in [2.75, 3.05) is 11.6 Å². The summed E-state index contributed by atoms with van der Waals surface area (Å²) in [6.07, 6.45) is 3.96. The lowest BCUT2D eigenvalue weighted by Crippen LogP contribution is -1.97. The van der Waals surface area contributed by atoms with Gasteiger partial charge in [0.2, 0.25) is 0 Å². The summed E-state index contributed by atoms with van der Waals surface area (Å²) < 4.78 is 2.00. The monoisotopic (exact) mass is 379 g/mol. The average molecular weight is 380 g/mol. The molecule has 5 heteroatoms. The van der Waals surface area contributed by atoms with Gasteiger partial charge in [0.15, 0.2) is 0 Å². The van der Waals surface area contributed by atoms with Crippen molar-refractivity contribution < 1.29 is 0 Å². The van der Waals surface area contributed by atoms with Crippen molar-refractivity contribution in [3.05, 3.63) is 77.4 Å². The number of aryl methyl sites for hydroxylation is 1. The third kappa shape index (κ3) is 3.30. The highest BCUT2D eigenvalue weighted by Gasteiger charge is 2.15. The molecule has 2 aromatic heterocycles. The van der Waals surface area contributed by atoms with E-state index in [1.54, 1.807) is 11.8 Å². The molecule has 0 atom stereocenters. The summed E-state index contributed by atoms with van der Waals surface area (Å²) in [5.74, 6) is 0.906. The van der Waals surface area contributed by atoms with E-state index in [1.807, 2.05) is 22.7 Å². The van der Waals surface area contributed by atoms with Gasteiger partial charge in [0.25, 0.3) is 0 Å². The predicted octanol–water partition coefficient (Wildman–Crippen LogP) is 6.43. The number of thioether (sulfide) groups is 1. The second kappa shape index (κ2) is 7.06. The molecule has 0 amide bonds. The second-order valence-electron chi connectivity index (χ2n) is 6.10. The first-order valence-electron chi connectivity index (χ1n) is 8.30. The quantitative estimate of drug-likeness (QED) is 0.414. The van der Waals surface area contributed by atoms with Gasteiger partial charge in [0.05, 0.1) is 5.02 Å². The molecule has 26 heavy (non-hydrogen) atoms. The van der Waals surface area contributed by atoms with E-state index in [0.29, 0.717) is 5.02 Å². The number of benzene rings is 2. The predicted molar refractivity (Wildman–Crippen MR) is 112 cm³/mol. The van der Waals surface area contributed by atoms with Crippen LogP contribution in [0.1, 0.15) is 5.56 Å². The highest BCUT2D eigenvalue weighted by atomic mass is 35.5. The minimum atomic E-state index is 0.672. The van der Waals surface area contributed by atoms with Gasteiger partial charge >= 0.3 is 0 Å². The van der Waals surface area contributed by atoms with E-state index in [4.69, 9.17) is 16.6 Å². The molecule has 0 fully saturated rings. The van der Waals surface area contributed by atoms with Crippen molar-refractivity contribution in [2.24, 2.45) is 0 Å². The molecule has 0 saturated carbocycles. The van der Waals surface area contributed by atoms with Gasteiger partial charge in [-0.25, -0.2) is 4.98 Å². The van der Waals surface area contributed by atoms with E-state index in [1.165, 1.54) is 10.5 Å². The van der Waals surface area contributed by atoms with Crippen LogP contribution in [-0.2, 0) is 0 Å². The molecule has 0 aliphatic rings. The highest BCUT2D eigenvalue weighted by Crippen LogP contribution is 2.33. The first-order chi connectivity index (χ1) is 12.6. The average Bonchev–Trinajstić information content (AvgIpc) is 3.01. The number of fused-ring (bicyclic) bond motifs is 1. The summed E-state index contributed by atoms with van der Waals surface area (Å²) in [5.41, 5.74) is 5.06. The van der Waals surface area contributed by atoms with Crippen LogP contribution in [0.5, 0.6) is 0 Å². The zero-order valence-electron chi connectivity index (χ0n) is 14.5. The van der Waals surface area contributed by atoms with Crippen LogP contribution in [0, 0.1) is 6.92 Å². The zero-order valence-corrected chi connectivity index (χ0v) is 16.1. The van der Waals surface area contributed by atoms with Gasteiger partial charge in [-0.3, -0.25) is 4.40 Å². The van der Waals surface area contributed by atoms with Crippen molar-refractivity contribution in [3.63, 3.8) is 0 Å². The molecule has 3 nitrogen and oxygen atoms in total. The van der Waals surface area contributed by atoms with Crippen molar-refractivity contribution in [3.8, 4) is 11.3 Å². The van der Waals surface area contributed by atoms with E-state index in [-0.39, 0.29) is 0 Å². The maximum atomic E-state index is 6.23. The SMILES string of the molecule is CSc1ccc(-c2nc3ccc(Cl)cn3c2Nc2ccc(C)cc2)cc1. The van der Waals surface area contributed by atoms with E-state index >= 15 is 0 Å². The molecule has 0 unspecified atom stereocenters. The number of aromatic nitrogens is 2. The Kier molecular flexibility index (Phi) is 4.62. The number of hydrogen-bond donors (Lipinski definition) is 1. The van der Waals surface area contributed by atoms with Crippen LogP contribution in [-0.4, -0.2) is 15.6 Å². The topological polar surface area (TPSA) is 29.3 Å². The van der Waals surface area contributed by atoms with Gasteiger partial charge in [-0.1, -0.05) is 41.4 Å². The maximum Gasteiger partial charge on any atom is 0.143 e. The fraction of sp³-hybridized carbons (Fsp3) is 0.0952. The zero-order chi connectivity index (χ0) is 18.1. The Bertz CT molecular complexity index is 1050. The summed E-state index contributed by atoms with van der Waals surface area (Å²) >= 11 is 7.96. The summed E-state index contributed by atoms with van der Waals surface area (Å²) in [5, 5.41) is 4.19. The molecule has 0 bridgehead atoms. The van der Waals surface area contributed by atoms with Crippen molar-refractivity contribution in [1.82, 2.24) is 9.38 Å². The summed E-state index contributed by atoms with van der Waals surface area (Å²) in [7, 11) is 0. The van der Waals surface area contributed by atoms with Crippen LogP contribution in [0.3, 0.4) is 0 Å². The Morgan fingerprint density at radius 2 is 1.69 bits per heavy atom. The van der Waals surface area contributed by atoms with Crippen molar-refractivity contribution in [1.29, 1.82) is 0 Å². The fourth-order valence-electron chi connectivity index (χ4n) is 2.86. The minimum absolute atomic E-state index is 0.672. The largest absolute Gasteiger partial charge is 0.339 e. The van der Waals surface area contributed by atoms with Gasteiger partial charge < -0.3 is 5.32 Å². The Morgan fingerprint density at radius 3 is 2.38 bits per heavy atom. The lowest BCUT2D eigenvalue weighted by atomic mass is 10.1. The molecule has 2 heterocycles. The van der Waals surface area contributed by atoms with E-state index in [2.05, 4.69) is 67.0 Å². The lowest BCUT2D eigenvalue weighted by Gasteiger charge is -2.10. The summed E-state index contributed by atoms with van der Waals surface area (Å²) in [6.45, 7) is 2.08. The van der Waals surface area contributed by atoms with Crippen LogP contribution in [0.4, 0.5) is 11.5 Å². The van der Waals surface area contributed by atoms with Gasteiger partial charge in [-0.05, 0) is 49.6 Å². The van der Waals surface area contributed by atoms with Gasteiger partial charge in [0, 0.05) is 22.3 Å². The Hall–Kier alpha value is -2.43. The number of hydrogen-bond acceptors (Lipinski definition) is 3. The molecule has 1 N–H and O–H groups in total. The minimum Gasteiger partial charge on any atom is -0.339 e. The molecular formula is C21H18ClN3S. The number of nitrogens with zero attached hydrogens (tertiary/aromatic N) is 2. The van der Waals surface area contributed by atoms with Crippen LogP contribution in [0.25, 0.3) is 16.9 Å². The molecule has 0 saturated heterocycles. The van der Waals surface area contributed by atoms with E-state index in [0.717, 1.165) is 28.4 Å². The molecule has 0 aliphatic heterocycles. The Balaban J connectivity index is 1.86. The van der Waals surface area contributed by atoms with Crippen molar-refractivity contribution >= 4 is 40.5 Å². The van der Waals surface area contributed by atoms with Crippen LogP contribution >= 0.6 is 23.4 Å². The number of anilines is 2.